The molecule has 0 bridgehead atoms. The maximum absolute atomic E-state index is 10.9. The summed E-state index contributed by atoms with van der Waals surface area (Å²) in [6.45, 7) is 0.220. The van der Waals surface area contributed by atoms with Crippen molar-refractivity contribution in [3.8, 4) is 17.6 Å². The maximum Gasteiger partial charge on any atom is 0.153 e. The summed E-state index contributed by atoms with van der Waals surface area (Å²) in [5.74, 6) is 6.36. The van der Waals surface area contributed by atoms with Crippen LogP contribution in [0.15, 0.2) is 48.5 Å². The van der Waals surface area contributed by atoms with E-state index in [2.05, 4.69) is 11.8 Å². The van der Waals surface area contributed by atoms with Crippen LogP contribution in [0.2, 0.25) is 5.02 Å². The smallest absolute Gasteiger partial charge is 0.153 e. The van der Waals surface area contributed by atoms with E-state index in [4.69, 9.17) is 16.3 Å². The highest BCUT2D eigenvalue weighted by Crippen LogP contribution is 2.21. The second-order valence-electron chi connectivity index (χ2n) is 3.76. The van der Waals surface area contributed by atoms with Gasteiger partial charge < -0.3 is 4.74 Å². The fraction of sp³-hybridized carbons (Fsp3) is 0.0625. The van der Waals surface area contributed by atoms with Gasteiger partial charge in [-0.25, -0.2) is 0 Å². The van der Waals surface area contributed by atoms with Crippen LogP contribution in [0.3, 0.4) is 0 Å². The van der Waals surface area contributed by atoms with Gasteiger partial charge in [0.15, 0.2) is 6.29 Å². The molecule has 0 spiro atoms. The molecule has 3 heteroatoms. The van der Waals surface area contributed by atoms with Gasteiger partial charge in [-0.3, -0.25) is 4.79 Å². The molecule has 0 heterocycles. The number of hydrogen-bond donors (Lipinski definition) is 0. The Labute approximate surface area is 117 Å². The number of aldehydes is 1. The van der Waals surface area contributed by atoms with Gasteiger partial charge in [0.25, 0.3) is 0 Å². The summed E-state index contributed by atoms with van der Waals surface area (Å²) in [6, 6.07) is 14.5. The van der Waals surface area contributed by atoms with Gasteiger partial charge in [-0.05, 0) is 30.3 Å². The zero-order valence-corrected chi connectivity index (χ0v) is 10.9. The molecule has 0 saturated heterocycles. The summed E-state index contributed by atoms with van der Waals surface area (Å²) in [7, 11) is 0. The van der Waals surface area contributed by atoms with Crippen LogP contribution in [0, 0.1) is 11.8 Å². The zero-order chi connectivity index (χ0) is 13.5. The fourth-order valence-electron chi connectivity index (χ4n) is 1.52. The summed E-state index contributed by atoms with van der Waals surface area (Å²) < 4.78 is 5.44. The van der Waals surface area contributed by atoms with Gasteiger partial charge in [-0.15, -0.1) is 0 Å². The van der Waals surface area contributed by atoms with Crippen molar-refractivity contribution in [3.05, 3.63) is 64.7 Å². The first kappa shape index (κ1) is 13.2. The predicted octanol–water partition coefficient (Wildman–Crippen LogP) is 3.58. The van der Waals surface area contributed by atoms with Crippen molar-refractivity contribution in [2.24, 2.45) is 0 Å². The van der Waals surface area contributed by atoms with Crippen molar-refractivity contribution in [2.75, 3.05) is 6.61 Å². The zero-order valence-electron chi connectivity index (χ0n) is 10.1. The van der Waals surface area contributed by atoms with E-state index in [1.165, 1.54) is 0 Å². The highest BCUT2D eigenvalue weighted by Gasteiger charge is 2.02. The number of benzene rings is 2. The van der Waals surface area contributed by atoms with Crippen LogP contribution in [-0.2, 0) is 0 Å². The largest absolute Gasteiger partial charge is 0.480 e. The Morgan fingerprint density at radius 1 is 1.16 bits per heavy atom. The van der Waals surface area contributed by atoms with Gasteiger partial charge in [0.05, 0.1) is 5.56 Å². The second-order valence-corrected chi connectivity index (χ2v) is 4.19. The number of carbonyl (C=O) groups is 1. The van der Waals surface area contributed by atoms with Crippen LogP contribution in [0.5, 0.6) is 5.75 Å². The second kappa shape index (κ2) is 6.63. The molecule has 19 heavy (non-hydrogen) atoms. The van der Waals surface area contributed by atoms with Crippen molar-refractivity contribution in [1.29, 1.82) is 0 Å². The first-order valence-corrected chi connectivity index (χ1v) is 6.09. The lowest BCUT2D eigenvalue weighted by Gasteiger charge is -2.04. The van der Waals surface area contributed by atoms with Crippen LogP contribution in [-0.4, -0.2) is 12.9 Å². The summed E-state index contributed by atoms with van der Waals surface area (Å²) in [6.07, 6.45) is 0.714. The average Bonchev–Trinajstić information content (AvgIpc) is 2.46. The van der Waals surface area contributed by atoms with Gasteiger partial charge in [-0.1, -0.05) is 41.6 Å². The van der Waals surface area contributed by atoms with Crippen LogP contribution < -0.4 is 4.74 Å². The lowest BCUT2D eigenvalue weighted by Crippen LogP contribution is -1.97. The van der Waals surface area contributed by atoms with E-state index < -0.39 is 0 Å². The van der Waals surface area contributed by atoms with Crippen LogP contribution >= 0.6 is 11.6 Å². The van der Waals surface area contributed by atoms with Gasteiger partial charge in [0.1, 0.15) is 12.4 Å². The Balaban J connectivity index is 2.00. The van der Waals surface area contributed by atoms with Crippen molar-refractivity contribution in [3.63, 3.8) is 0 Å². The van der Waals surface area contributed by atoms with Crippen LogP contribution in [0.25, 0.3) is 0 Å². The van der Waals surface area contributed by atoms with E-state index in [0.717, 1.165) is 5.56 Å². The first-order valence-electron chi connectivity index (χ1n) is 5.71. The van der Waals surface area contributed by atoms with E-state index in [0.29, 0.717) is 22.6 Å². The molecular formula is C16H11ClO2. The number of halogens is 1. The molecule has 0 aliphatic carbocycles. The van der Waals surface area contributed by atoms with Crippen molar-refractivity contribution < 1.29 is 9.53 Å². The quantitative estimate of drug-likeness (QED) is 0.629. The molecule has 0 aromatic heterocycles. The summed E-state index contributed by atoms with van der Waals surface area (Å²) in [5.41, 5.74) is 1.35. The molecule has 0 N–H and O–H groups in total. The number of ether oxygens (including phenoxy) is 1. The molecule has 0 saturated carbocycles. The van der Waals surface area contributed by atoms with Crippen molar-refractivity contribution >= 4 is 17.9 Å². The Bertz CT molecular complexity index is 624. The molecule has 0 radical (unpaired) electrons. The Morgan fingerprint density at radius 2 is 1.95 bits per heavy atom. The minimum Gasteiger partial charge on any atom is -0.480 e. The third-order valence-electron chi connectivity index (χ3n) is 2.41. The molecule has 2 aromatic rings. The van der Waals surface area contributed by atoms with E-state index in [-0.39, 0.29) is 6.61 Å². The Hall–Kier alpha value is -2.24. The van der Waals surface area contributed by atoms with E-state index in [1.807, 2.05) is 30.3 Å². The number of hydrogen-bond acceptors (Lipinski definition) is 2. The fourth-order valence-corrected chi connectivity index (χ4v) is 1.70. The number of carbonyl (C=O) groups excluding carboxylic acids is 1. The molecule has 0 aliphatic heterocycles. The van der Waals surface area contributed by atoms with Gasteiger partial charge >= 0.3 is 0 Å². The standard InChI is InChI=1S/C16H11ClO2/c17-15-8-9-16(14(11-15)12-18)19-10-4-7-13-5-2-1-3-6-13/h1-3,5-6,8-9,11-12H,10H2. The first-order chi connectivity index (χ1) is 9.29. The van der Waals surface area contributed by atoms with Crippen molar-refractivity contribution in [2.45, 2.75) is 0 Å². The lowest BCUT2D eigenvalue weighted by molar-refractivity contribution is 0.112. The topological polar surface area (TPSA) is 26.3 Å². The molecule has 0 atom stereocenters. The van der Waals surface area contributed by atoms with Gasteiger partial charge in [-0.2, -0.15) is 0 Å². The molecule has 0 amide bonds. The molecule has 2 rings (SSSR count). The minimum atomic E-state index is 0.220. The summed E-state index contributed by atoms with van der Waals surface area (Å²) in [5, 5.41) is 0.504. The molecular weight excluding hydrogens is 260 g/mol. The van der Waals surface area contributed by atoms with E-state index in [1.54, 1.807) is 18.2 Å². The predicted molar refractivity (Wildman–Crippen MR) is 75.7 cm³/mol. The summed E-state index contributed by atoms with van der Waals surface area (Å²) >= 11 is 5.79. The molecule has 2 aromatic carbocycles. The van der Waals surface area contributed by atoms with E-state index >= 15 is 0 Å². The van der Waals surface area contributed by atoms with Crippen LogP contribution in [0.1, 0.15) is 15.9 Å². The van der Waals surface area contributed by atoms with Gasteiger partial charge in [0, 0.05) is 10.6 Å². The van der Waals surface area contributed by atoms with E-state index in [9.17, 15) is 4.79 Å². The van der Waals surface area contributed by atoms with Crippen molar-refractivity contribution in [1.82, 2.24) is 0 Å². The third kappa shape index (κ3) is 3.87. The highest BCUT2D eigenvalue weighted by atomic mass is 35.5. The average molecular weight is 271 g/mol. The number of rotatable bonds is 3. The molecule has 0 aliphatic rings. The maximum atomic E-state index is 10.9. The Kier molecular flexibility index (Phi) is 4.60. The molecule has 2 nitrogen and oxygen atoms in total. The Morgan fingerprint density at radius 3 is 2.68 bits per heavy atom. The van der Waals surface area contributed by atoms with Gasteiger partial charge in [0.2, 0.25) is 0 Å². The SMILES string of the molecule is O=Cc1cc(Cl)ccc1OCC#Cc1ccccc1. The highest BCUT2D eigenvalue weighted by molar-refractivity contribution is 6.30. The minimum absolute atomic E-state index is 0.220. The summed E-state index contributed by atoms with van der Waals surface area (Å²) in [4.78, 5) is 10.9. The molecule has 0 fully saturated rings. The third-order valence-corrected chi connectivity index (χ3v) is 2.64. The molecule has 94 valence electrons. The monoisotopic (exact) mass is 270 g/mol. The molecule has 0 unspecified atom stereocenters. The lowest BCUT2D eigenvalue weighted by atomic mass is 10.2. The normalized spacial score (nSPS) is 9.32. The van der Waals surface area contributed by atoms with Crippen LogP contribution in [0.4, 0.5) is 0 Å².